The summed E-state index contributed by atoms with van der Waals surface area (Å²) >= 11 is 5.86. The van der Waals surface area contributed by atoms with Gasteiger partial charge >= 0.3 is 0 Å². The lowest BCUT2D eigenvalue weighted by molar-refractivity contribution is -0.117. The number of ketones is 1. The molecule has 0 saturated carbocycles. The van der Waals surface area contributed by atoms with Gasteiger partial charge in [0, 0.05) is 22.2 Å². The number of hydrogen-bond acceptors (Lipinski definition) is 3. The Kier molecular flexibility index (Phi) is 6.01. The van der Waals surface area contributed by atoms with E-state index >= 15 is 0 Å². The third-order valence-electron chi connectivity index (χ3n) is 4.58. The average Bonchev–Trinajstić information content (AvgIpc) is 2.64. The Morgan fingerprint density at radius 3 is 2.27 bits per heavy atom. The number of anilines is 1. The van der Waals surface area contributed by atoms with Crippen molar-refractivity contribution in [2.24, 2.45) is 5.92 Å². The van der Waals surface area contributed by atoms with E-state index in [4.69, 9.17) is 11.6 Å². The molecule has 0 unspecified atom stereocenters. The number of likely N-dealkylation sites (tertiary alicyclic amines) is 1. The number of piperidine rings is 1. The summed E-state index contributed by atoms with van der Waals surface area (Å²) in [5.74, 6) is -0.362. The zero-order chi connectivity index (χ0) is 18.5. The molecule has 0 radical (unpaired) electrons. The van der Waals surface area contributed by atoms with Gasteiger partial charge in [0.25, 0.3) is 0 Å². The smallest absolute Gasteiger partial charge is 0.238 e. The van der Waals surface area contributed by atoms with Gasteiger partial charge in [-0.2, -0.15) is 0 Å². The molecule has 136 valence electrons. The highest BCUT2D eigenvalue weighted by atomic mass is 35.5. The zero-order valence-corrected chi connectivity index (χ0v) is 15.0. The summed E-state index contributed by atoms with van der Waals surface area (Å²) in [4.78, 5) is 26.7. The maximum absolute atomic E-state index is 12.9. The van der Waals surface area contributed by atoms with Crippen molar-refractivity contribution in [1.29, 1.82) is 0 Å². The standard InChI is InChI=1S/C20H20ClFN2O2/c21-16-3-1-14(2-4-16)20(26)15-9-11-24(12-10-15)13-19(25)23-18-7-5-17(22)6-8-18/h1-8,15H,9-13H2,(H,23,25). The van der Waals surface area contributed by atoms with Crippen LogP contribution in [-0.4, -0.2) is 36.2 Å². The zero-order valence-electron chi connectivity index (χ0n) is 14.3. The first kappa shape index (κ1) is 18.5. The largest absolute Gasteiger partial charge is 0.325 e. The fourth-order valence-electron chi connectivity index (χ4n) is 3.14. The maximum atomic E-state index is 12.9. The number of benzene rings is 2. The highest BCUT2D eigenvalue weighted by Gasteiger charge is 2.26. The van der Waals surface area contributed by atoms with Crippen molar-refractivity contribution < 1.29 is 14.0 Å². The Labute approximate surface area is 157 Å². The molecule has 1 heterocycles. The van der Waals surface area contributed by atoms with E-state index in [0.29, 0.717) is 29.4 Å². The molecule has 6 heteroatoms. The van der Waals surface area contributed by atoms with Crippen molar-refractivity contribution in [3.05, 3.63) is 64.9 Å². The number of amides is 1. The molecule has 26 heavy (non-hydrogen) atoms. The van der Waals surface area contributed by atoms with E-state index < -0.39 is 0 Å². The first-order valence-electron chi connectivity index (χ1n) is 8.59. The Morgan fingerprint density at radius 1 is 1.04 bits per heavy atom. The Morgan fingerprint density at radius 2 is 1.65 bits per heavy atom. The maximum Gasteiger partial charge on any atom is 0.238 e. The second kappa shape index (κ2) is 8.43. The summed E-state index contributed by atoms with van der Waals surface area (Å²) < 4.78 is 12.9. The van der Waals surface area contributed by atoms with Gasteiger partial charge in [-0.3, -0.25) is 14.5 Å². The second-order valence-corrected chi connectivity index (χ2v) is 6.91. The van der Waals surface area contributed by atoms with Crippen molar-refractivity contribution in [1.82, 2.24) is 4.90 Å². The van der Waals surface area contributed by atoms with Crippen LogP contribution in [0, 0.1) is 11.7 Å². The molecular weight excluding hydrogens is 355 g/mol. The first-order chi connectivity index (χ1) is 12.5. The third-order valence-corrected chi connectivity index (χ3v) is 4.83. The summed E-state index contributed by atoms with van der Waals surface area (Å²) in [6, 6.07) is 12.6. The SMILES string of the molecule is O=C(CN1CCC(C(=O)c2ccc(Cl)cc2)CC1)Nc1ccc(F)cc1. The predicted octanol–water partition coefficient (Wildman–Crippen LogP) is 4.01. The van der Waals surface area contributed by atoms with Crippen molar-refractivity contribution in [3.8, 4) is 0 Å². The molecule has 1 fully saturated rings. The molecule has 1 aliphatic rings. The summed E-state index contributed by atoms with van der Waals surface area (Å²) in [5, 5.41) is 3.37. The minimum Gasteiger partial charge on any atom is -0.325 e. The summed E-state index contributed by atoms with van der Waals surface area (Å²) in [5.41, 5.74) is 1.26. The van der Waals surface area contributed by atoms with Crippen LogP contribution >= 0.6 is 11.6 Å². The van der Waals surface area contributed by atoms with Crippen LogP contribution < -0.4 is 5.32 Å². The minimum atomic E-state index is -0.338. The molecule has 1 saturated heterocycles. The number of halogens is 2. The van der Waals surface area contributed by atoms with E-state index in [1.165, 1.54) is 24.3 Å². The molecule has 0 bridgehead atoms. The molecule has 1 N–H and O–H groups in total. The lowest BCUT2D eigenvalue weighted by Crippen LogP contribution is -2.40. The number of nitrogens with one attached hydrogen (secondary N) is 1. The third kappa shape index (κ3) is 4.90. The monoisotopic (exact) mass is 374 g/mol. The number of nitrogens with zero attached hydrogens (tertiary/aromatic N) is 1. The van der Waals surface area contributed by atoms with Gasteiger partial charge in [-0.05, 0) is 74.5 Å². The summed E-state index contributed by atoms with van der Waals surface area (Å²) in [6.45, 7) is 1.65. The molecule has 0 atom stereocenters. The van der Waals surface area contributed by atoms with Gasteiger partial charge in [0.2, 0.25) is 5.91 Å². The molecule has 2 aromatic carbocycles. The fourth-order valence-corrected chi connectivity index (χ4v) is 3.27. The van der Waals surface area contributed by atoms with Crippen molar-refractivity contribution in [2.45, 2.75) is 12.8 Å². The van der Waals surface area contributed by atoms with Crippen LogP contribution in [0.5, 0.6) is 0 Å². The van der Waals surface area contributed by atoms with Crippen LogP contribution in [0.1, 0.15) is 23.2 Å². The predicted molar refractivity (Wildman–Crippen MR) is 100.0 cm³/mol. The fraction of sp³-hybridized carbons (Fsp3) is 0.300. The molecule has 0 aromatic heterocycles. The van der Waals surface area contributed by atoms with Crippen LogP contribution in [0.25, 0.3) is 0 Å². The van der Waals surface area contributed by atoms with E-state index in [1.807, 2.05) is 4.90 Å². The lowest BCUT2D eigenvalue weighted by atomic mass is 9.89. The molecule has 4 nitrogen and oxygen atoms in total. The van der Waals surface area contributed by atoms with Crippen LogP contribution in [0.2, 0.25) is 5.02 Å². The second-order valence-electron chi connectivity index (χ2n) is 6.48. The van der Waals surface area contributed by atoms with E-state index in [-0.39, 0.29) is 30.0 Å². The molecule has 0 aliphatic carbocycles. The average molecular weight is 375 g/mol. The lowest BCUT2D eigenvalue weighted by Gasteiger charge is -2.30. The van der Waals surface area contributed by atoms with Gasteiger partial charge in [0.1, 0.15) is 5.82 Å². The molecule has 1 aliphatic heterocycles. The van der Waals surface area contributed by atoms with Gasteiger partial charge in [0.15, 0.2) is 5.78 Å². The van der Waals surface area contributed by atoms with E-state index in [0.717, 1.165) is 12.8 Å². The van der Waals surface area contributed by atoms with E-state index in [2.05, 4.69) is 5.32 Å². The Hall–Kier alpha value is -2.24. The molecule has 1 amide bonds. The molecular formula is C20H20ClFN2O2. The minimum absolute atomic E-state index is 0.0208. The van der Waals surface area contributed by atoms with Crippen LogP contribution in [0.3, 0.4) is 0 Å². The van der Waals surface area contributed by atoms with Gasteiger partial charge < -0.3 is 5.32 Å². The van der Waals surface area contributed by atoms with Crippen molar-refractivity contribution in [3.63, 3.8) is 0 Å². The highest BCUT2D eigenvalue weighted by molar-refractivity contribution is 6.30. The summed E-state index contributed by atoms with van der Waals surface area (Å²) in [6.07, 6.45) is 1.45. The van der Waals surface area contributed by atoms with Crippen LogP contribution in [0.4, 0.5) is 10.1 Å². The quantitative estimate of drug-likeness (QED) is 0.804. The number of rotatable bonds is 5. The Balaban J connectivity index is 1.47. The van der Waals surface area contributed by atoms with Crippen molar-refractivity contribution in [2.75, 3.05) is 25.0 Å². The normalized spacial score (nSPS) is 15.6. The highest BCUT2D eigenvalue weighted by Crippen LogP contribution is 2.22. The van der Waals surface area contributed by atoms with Gasteiger partial charge in [-0.15, -0.1) is 0 Å². The topological polar surface area (TPSA) is 49.4 Å². The van der Waals surface area contributed by atoms with Gasteiger partial charge in [0.05, 0.1) is 6.54 Å². The van der Waals surface area contributed by atoms with Crippen LogP contribution in [0.15, 0.2) is 48.5 Å². The van der Waals surface area contributed by atoms with E-state index in [1.54, 1.807) is 24.3 Å². The first-order valence-corrected chi connectivity index (χ1v) is 8.96. The number of hydrogen-bond donors (Lipinski definition) is 1. The number of Topliss-reactive ketones (excluding diaryl/α,β-unsaturated/α-hetero) is 1. The summed E-state index contributed by atoms with van der Waals surface area (Å²) in [7, 11) is 0. The van der Waals surface area contributed by atoms with Crippen molar-refractivity contribution >= 4 is 29.0 Å². The molecule has 0 spiro atoms. The van der Waals surface area contributed by atoms with Crippen LogP contribution in [-0.2, 0) is 4.79 Å². The molecule has 3 rings (SSSR count). The van der Waals surface area contributed by atoms with Gasteiger partial charge in [-0.1, -0.05) is 11.6 Å². The number of carbonyl (C=O) groups is 2. The number of carbonyl (C=O) groups excluding carboxylic acids is 2. The van der Waals surface area contributed by atoms with E-state index in [9.17, 15) is 14.0 Å². The van der Waals surface area contributed by atoms with Gasteiger partial charge in [-0.25, -0.2) is 4.39 Å². The molecule has 2 aromatic rings. The Bertz CT molecular complexity index is 769.